The minimum absolute atomic E-state index is 0.716. The normalized spacial score (nSPS) is 34.9. The summed E-state index contributed by atoms with van der Waals surface area (Å²) in [5.74, 6) is 1.70. The fraction of sp³-hybridized carbons (Fsp3) is 1.00. The molecule has 3 atom stereocenters. The Morgan fingerprint density at radius 2 is 1.79 bits per heavy atom. The fourth-order valence-electron chi connectivity index (χ4n) is 3.89. The van der Waals surface area contributed by atoms with E-state index in [9.17, 15) is 0 Å². The first-order chi connectivity index (χ1) is 9.10. The number of piperazine rings is 1. The predicted octanol–water partition coefficient (Wildman–Crippen LogP) is 2.04. The minimum atomic E-state index is 0.716. The van der Waals surface area contributed by atoms with Crippen LogP contribution in [0.1, 0.15) is 40.0 Å². The Hall–Kier alpha value is -0.120. The molecule has 0 radical (unpaired) electrons. The summed E-state index contributed by atoms with van der Waals surface area (Å²) >= 11 is 0. The van der Waals surface area contributed by atoms with Gasteiger partial charge in [0.15, 0.2) is 0 Å². The first-order valence-corrected chi connectivity index (χ1v) is 8.23. The lowest BCUT2D eigenvalue weighted by molar-refractivity contribution is 0.0482. The van der Waals surface area contributed by atoms with Gasteiger partial charge in [0.2, 0.25) is 0 Å². The van der Waals surface area contributed by atoms with Crippen LogP contribution in [0, 0.1) is 11.8 Å². The van der Waals surface area contributed by atoms with Gasteiger partial charge in [-0.15, -0.1) is 0 Å². The Labute approximate surface area is 119 Å². The second-order valence-electron chi connectivity index (χ2n) is 7.11. The molecule has 1 N–H and O–H groups in total. The van der Waals surface area contributed by atoms with E-state index in [1.165, 1.54) is 52.0 Å². The van der Waals surface area contributed by atoms with Crippen LogP contribution in [-0.4, -0.2) is 61.7 Å². The molecule has 3 heteroatoms. The smallest absolute Gasteiger partial charge is 0.0252 e. The van der Waals surface area contributed by atoms with E-state index >= 15 is 0 Å². The molecule has 2 rings (SSSR count). The van der Waals surface area contributed by atoms with Crippen molar-refractivity contribution in [2.75, 3.05) is 39.8 Å². The van der Waals surface area contributed by atoms with E-state index in [1.54, 1.807) is 0 Å². The van der Waals surface area contributed by atoms with Crippen molar-refractivity contribution < 1.29 is 0 Å². The van der Waals surface area contributed by atoms with Crippen LogP contribution in [0.25, 0.3) is 0 Å². The van der Waals surface area contributed by atoms with Crippen molar-refractivity contribution in [2.24, 2.45) is 11.8 Å². The van der Waals surface area contributed by atoms with Crippen LogP contribution in [-0.2, 0) is 0 Å². The lowest BCUT2D eigenvalue weighted by Crippen LogP contribution is -2.58. The average molecular weight is 267 g/mol. The Morgan fingerprint density at radius 1 is 1.11 bits per heavy atom. The van der Waals surface area contributed by atoms with Crippen LogP contribution >= 0.6 is 0 Å². The highest BCUT2D eigenvalue weighted by atomic mass is 15.3. The molecular formula is C16H33N3. The van der Waals surface area contributed by atoms with Crippen molar-refractivity contribution in [3.63, 3.8) is 0 Å². The van der Waals surface area contributed by atoms with Crippen molar-refractivity contribution in [3.05, 3.63) is 0 Å². The first kappa shape index (κ1) is 15.3. The summed E-state index contributed by atoms with van der Waals surface area (Å²) in [6.45, 7) is 13.4. The molecule has 1 aliphatic carbocycles. The van der Waals surface area contributed by atoms with Gasteiger partial charge in [-0.05, 0) is 38.1 Å². The summed E-state index contributed by atoms with van der Waals surface area (Å²) in [5, 5.41) is 3.56. The first-order valence-electron chi connectivity index (χ1n) is 8.23. The minimum Gasteiger partial charge on any atom is -0.315 e. The third-order valence-electron chi connectivity index (χ3n) is 4.95. The van der Waals surface area contributed by atoms with Gasteiger partial charge in [-0.1, -0.05) is 20.8 Å². The van der Waals surface area contributed by atoms with E-state index in [-0.39, 0.29) is 0 Å². The van der Waals surface area contributed by atoms with Crippen molar-refractivity contribution in [1.29, 1.82) is 0 Å². The lowest BCUT2D eigenvalue weighted by atomic mass is 9.82. The zero-order valence-electron chi connectivity index (χ0n) is 13.4. The number of likely N-dealkylation sites (N-methyl/N-ethyl adjacent to an activating group) is 1. The van der Waals surface area contributed by atoms with Gasteiger partial charge in [0, 0.05) is 44.8 Å². The van der Waals surface area contributed by atoms with Crippen LogP contribution in [0.5, 0.6) is 0 Å². The largest absolute Gasteiger partial charge is 0.315 e. The molecule has 2 aliphatic rings. The maximum atomic E-state index is 3.56. The fourth-order valence-corrected chi connectivity index (χ4v) is 3.89. The second-order valence-corrected chi connectivity index (χ2v) is 7.11. The summed E-state index contributed by atoms with van der Waals surface area (Å²) in [5.41, 5.74) is 0. The quantitative estimate of drug-likeness (QED) is 0.841. The van der Waals surface area contributed by atoms with Crippen LogP contribution in [0.4, 0.5) is 0 Å². The standard InChI is InChI=1S/C16H33N3/c1-13(2)12-18-7-9-19(10-8-18)16-11-14(3)5-6-15(16)17-4/h13-17H,5-12H2,1-4H3. The second kappa shape index (κ2) is 7.05. The zero-order chi connectivity index (χ0) is 13.8. The summed E-state index contributed by atoms with van der Waals surface area (Å²) in [6.07, 6.45) is 4.14. The van der Waals surface area contributed by atoms with E-state index in [4.69, 9.17) is 0 Å². The van der Waals surface area contributed by atoms with Gasteiger partial charge in [0.25, 0.3) is 0 Å². The maximum absolute atomic E-state index is 3.56. The van der Waals surface area contributed by atoms with E-state index < -0.39 is 0 Å². The topological polar surface area (TPSA) is 18.5 Å². The molecule has 0 aromatic carbocycles. The van der Waals surface area contributed by atoms with E-state index in [2.05, 4.69) is 42.9 Å². The predicted molar refractivity (Wildman–Crippen MR) is 82.5 cm³/mol. The molecule has 2 fully saturated rings. The molecule has 19 heavy (non-hydrogen) atoms. The molecule has 0 bridgehead atoms. The highest BCUT2D eigenvalue weighted by Gasteiger charge is 2.33. The van der Waals surface area contributed by atoms with Crippen LogP contribution in [0.15, 0.2) is 0 Å². The van der Waals surface area contributed by atoms with Gasteiger partial charge >= 0.3 is 0 Å². The van der Waals surface area contributed by atoms with E-state index in [0.717, 1.165) is 17.9 Å². The van der Waals surface area contributed by atoms with E-state index in [1.807, 2.05) is 0 Å². The van der Waals surface area contributed by atoms with Crippen molar-refractivity contribution in [2.45, 2.75) is 52.1 Å². The molecule has 0 aromatic rings. The SMILES string of the molecule is CNC1CCC(C)CC1N1CCN(CC(C)C)CC1. The van der Waals surface area contributed by atoms with Gasteiger partial charge < -0.3 is 10.2 Å². The molecule has 3 unspecified atom stereocenters. The number of nitrogens with one attached hydrogen (secondary N) is 1. The number of nitrogens with zero attached hydrogens (tertiary/aromatic N) is 2. The van der Waals surface area contributed by atoms with Crippen LogP contribution in [0.2, 0.25) is 0 Å². The number of rotatable bonds is 4. The van der Waals surface area contributed by atoms with Gasteiger partial charge in [-0.3, -0.25) is 4.90 Å². The molecule has 0 aromatic heterocycles. The summed E-state index contributed by atoms with van der Waals surface area (Å²) < 4.78 is 0. The third-order valence-corrected chi connectivity index (χ3v) is 4.95. The summed E-state index contributed by atoms with van der Waals surface area (Å²) in [6, 6.07) is 1.49. The van der Waals surface area contributed by atoms with E-state index in [0.29, 0.717) is 6.04 Å². The van der Waals surface area contributed by atoms with Gasteiger partial charge in [0.1, 0.15) is 0 Å². The zero-order valence-corrected chi connectivity index (χ0v) is 13.4. The summed E-state index contributed by atoms with van der Waals surface area (Å²) in [7, 11) is 2.14. The van der Waals surface area contributed by atoms with Gasteiger partial charge in [0.05, 0.1) is 0 Å². The highest BCUT2D eigenvalue weighted by molar-refractivity contribution is 4.91. The molecule has 1 saturated carbocycles. The molecule has 1 heterocycles. The monoisotopic (exact) mass is 267 g/mol. The molecule has 112 valence electrons. The van der Waals surface area contributed by atoms with Crippen molar-refractivity contribution in [3.8, 4) is 0 Å². The van der Waals surface area contributed by atoms with Crippen molar-refractivity contribution in [1.82, 2.24) is 15.1 Å². The Kier molecular flexibility index (Phi) is 5.67. The maximum Gasteiger partial charge on any atom is 0.0252 e. The Morgan fingerprint density at radius 3 is 2.37 bits per heavy atom. The van der Waals surface area contributed by atoms with Crippen molar-refractivity contribution >= 4 is 0 Å². The number of hydrogen-bond acceptors (Lipinski definition) is 3. The Bertz CT molecular complexity index is 259. The van der Waals surface area contributed by atoms with Crippen LogP contribution in [0.3, 0.4) is 0 Å². The summed E-state index contributed by atoms with van der Waals surface area (Å²) in [4.78, 5) is 5.40. The van der Waals surface area contributed by atoms with Crippen LogP contribution < -0.4 is 5.32 Å². The lowest BCUT2D eigenvalue weighted by Gasteiger charge is -2.45. The highest BCUT2D eigenvalue weighted by Crippen LogP contribution is 2.28. The molecule has 3 nitrogen and oxygen atoms in total. The Balaban J connectivity index is 1.85. The average Bonchev–Trinajstić information content (AvgIpc) is 2.39. The molecule has 0 spiro atoms. The molecule has 1 saturated heterocycles. The molecular weight excluding hydrogens is 234 g/mol. The van der Waals surface area contributed by atoms with Gasteiger partial charge in [-0.25, -0.2) is 0 Å². The van der Waals surface area contributed by atoms with Gasteiger partial charge in [-0.2, -0.15) is 0 Å². The molecule has 0 amide bonds. The third kappa shape index (κ3) is 4.17. The number of hydrogen-bond donors (Lipinski definition) is 1. The molecule has 1 aliphatic heterocycles.